The van der Waals surface area contributed by atoms with Gasteiger partial charge in [-0.2, -0.15) is 0 Å². The lowest BCUT2D eigenvalue weighted by molar-refractivity contribution is -0.122. The van der Waals surface area contributed by atoms with Crippen LogP contribution < -0.4 is 10.9 Å². The standard InChI is InChI=1S/C16H16N4O3S2/c1-3-6-20-14-13(25-16(20)24)15(22)19(9-17-14)8-12(21)18-10(2)11-5-4-7-23-11/h3-5,7,9-10H,1,6,8H2,2H3,(H,18,21). The van der Waals surface area contributed by atoms with Gasteiger partial charge in [-0.1, -0.05) is 17.4 Å². The number of amides is 1. The number of nitrogens with one attached hydrogen (secondary N) is 1. The first-order chi connectivity index (χ1) is 12.0. The van der Waals surface area contributed by atoms with Crippen LogP contribution in [0.15, 0.2) is 46.6 Å². The maximum Gasteiger partial charge on any atom is 0.273 e. The average Bonchev–Trinajstić information content (AvgIpc) is 3.20. The lowest BCUT2D eigenvalue weighted by atomic mass is 10.2. The van der Waals surface area contributed by atoms with Crippen molar-refractivity contribution in [1.29, 1.82) is 0 Å². The second-order valence-electron chi connectivity index (χ2n) is 5.40. The predicted molar refractivity (Wildman–Crippen MR) is 98.2 cm³/mol. The summed E-state index contributed by atoms with van der Waals surface area (Å²) in [7, 11) is 0. The molecule has 1 unspecified atom stereocenters. The van der Waals surface area contributed by atoms with Gasteiger partial charge in [0.1, 0.15) is 23.3 Å². The van der Waals surface area contributed by atoms with Crippen molar-refractivity contribution in [2.75, 3.05) is 0 Å². The third kappa shape index (κ3) is 3.47. The molecule has 3 aromatic heterocycles. The van der Waals surface area contributed by atoms with Crippen molar-refractivity contribution in [3.8, 4) is 0 Å². The lowest BCUT2D eigenvalue weighted by Gasteiger charge is -2.12. The van der Waals surface area contributed by atoms with E-state index in [1.807, 2.05) is 6.92 Å². The minimum atomic E-state index is -0.304. The van der Waals surface area contributed by atoms with E-state index in [0.29, 0.717) is 26.6 Å². The topological polar surface area (TPSA) is 82.1 Å². The molecule has 0 bridgehead atoms. The molecule has 0 fully saturated rings. The molecule has 0 aromatic carbocycles. The summed E-state index contributed by atoms with van der Waals surface area (Å²) in [6.07, 6.45) is 4.60. The molecule has 1 N–H and O–H groups in total. The Morgan fingerprint density at radius 3 is 3.08 bits per heavy atom. The second-order valence-corrected chi connectivity index (χ2v) is 7.05. The summed E-state index contributed by atoms with van der Waals surface area (Å²) in [6, 6.07) is 3.24. The quantitative estimate of drug-likeness (QED) is 0.528. The summed E-state index contributed by atoms with van der Waals surface area (Å²) in [4.78, 5) is 29.1. The van der Waals surface area contributed by atoms with Crippen LogP contribution in [0.3, 0.4) is 0 Å². The van der Waals surface area contributed by atoms with Crippen molar-refractivity contribution in [1.82, 2.24) is 19.4 Å². The molecule has 3 heterocycles. The summed E-state index contributed by atoms with van der Waals surface area (Å²) < 4.78 is 9.25. The molecular formula is C16H16N4O3S2. The zero-order chi connectivity index (χ0) is 18.0. The maximum atomic E-state index is 12.6. The van der Waals surface area contributed by atoms with Gasteiger partial charge in [0.25, 0.3) is 5.56 Å². The number of carbonyl (C=O) groups is 1. The van der Waals surface area contributed by atoms with E-state index in [9.17, 15) is 9.59 Å². The van der Waals surface area contributed by atoms with E-state index in [1.54, 1.807) is 29.0 Å². The van der Waals surface area contributed by atoms with Gasteiger partial charge in [0, 0.05) is 6.54 Å². The molecule has 0 saturated carbocycles. The summed E-state index contributed by atoms with van der Waals surface area (Å²) in [5.74, 6) is 0.343. The molecule has 0 saturated heterocycles. The molecule has 9 heteroatoms. The van der Waals surface area contributed by atoms with E-state index >= 15 is 0 Å². The first-order valence-electron chi connectivity index (χ1n) is 7.53. The highest BCUT2D eigenvalue weighted by molar-refractivity contribution is 7.73. The molecule has 0 aliphatic heterocycles. The van der Waals surface area contributed by atoms with Crippen molar-refractivity contribution in [3.05, 3.63) is 57.4 Å². The van der Waals surface area contributed by atoms with Crippen LogP contribution in [0.1, 0.15) is 18.7 Å². The zero-order valence-electron chi connectivity index (χ0n) is 13.5. The largest absolute Gasteiger partial charge is 0.467 e. The van der Waals surface area contributed by atoms with E-state index in [-0.39, 0.29) is 24.1 Å². The molecule has 130 valence electrons. The van der Waals surface area contributed by atoms with E-state index < -0.39 is 0 Å². The smallest absolute Gasteiger partial charge is 0.273 e. The van der Waals surface area contributed by atoms with E-state index in [0.717, 1.165) is 0 Å². The highest BCUT2D eigenvalue weighted by Crippen LogP contribution is 2.17. The molecule has 0 radical (unpaired) electrons. The number of fused-ring (bicyclic) bond motifs is 1. The van der Waals surface area contributed by atoms with Crippen molar-refractivity contribution >= 4 is 39.8 Å². The lowest BCUT2D eigenvalue weighted by Crippen LogP contribution is -2.33. The van der Waals surface area contributed by atoms with Crippen LogP contribution in [0.5, 0.6) is 0 Å². The second kappa shape index (κ2) is 7.16. The number of rotatable bonds is 6. The van der Waals surface area contributed by atoms with Gasteiger partial charge in [0.05, 0.1) is 12.3 Å². The van der Waals surface area contributed by atoms with Gasteiger partial charge in [-0.05, 0) is 31.3 Å². The molecule has 25 heavy (non-hydrogen) atoms. The Balaban J connectivity index is 1.83. The molecule has 3 aromatic rings. The molecule has 0 spiro atoms. The first kappa shape index (κ1) is 17.3. The van der Waals surface area contributed by atoms with Crippen molar-refractivity contribution in [3.63, 3.8) is 0 Å². The van der Waals surface area contributed by atoms with Crippen molar-refractivity contribution < 1.29 is 9.21 Å². The summed E-state index contributed by atoms with van der Waals surface area (Å²) >= 11 is 6.45. The monoisotopic (exact) mass is 376 g/mol. The van der Waals surface area contributed by atoms with Crippen LogP contribution in [0.4, 0.5) is 0 Å². The molecule has 0 aliphatic rings. The molecule has 3 rings (SSSR count). The molecule has 1 atom stereocenters. The van der Waals surface area contributed by atoms with E-state index in [2.05, 4.69) is 16.9 Å². The summed E-state index contributed by atoms with van der Waals surface area (Å²) in [6.45, 7) is 5.84. The van der Waals surface area contributed by atoms with Crippen LogP contribution >= 0.6 is 23.6 Å². The number of thiazole rings is 1. The van der Waals surface area contributed by atoms with Crippen LogP contribution in [0.25, 0.3) is 10.3 Å². The van der Waals surface area contributed by atoms with E-state index in [4.69, 9.17) is 16.6 Å². The minimum absolute atomic E-state index is 0.126. The highest BCUT2D eigenvalue weighted by Gasteiger charge is 2.15. The number of hydrogen-bond acceptors (Lipinski definition) is 6. The summed E-state index contributed by atoms with van der Waals surface area (Å²) in [5, 5.41) is 2.79. The number of nitrogens with zero attached hydrogens (tertiary/aromatic N) is 3. The fourth-order valence-corrected chi connectivity index (χ4v) is 3.74. The SMILES string of the molecule is C=CCn1c(=S)sc2c(=O)n(CC(=O)NC(C)c3ccco3)cnc21. The Morgan fingerprint density at radius 1 is 1.60 bits per heavy atom. The van der Waals surface area contributed by atoms with Gasteiger partial charge >= 0.3 is 0 Å². The van der Waals surface area contributed by atoms with Gasteiger partial charge in [0.2, 0.25) is 5.91 Å². The van der Waals surface area contributed by atoms with Gasteiger partial charge in [-0.3, -0.25) is 14.2 Å². The number of hydrogen-bond donors (Lipinski definition) is 1. The Labute approximate surface area is 152 Å². The molecule has 7 nitrogen and oxygen atoms in total. The maximum absolute atomic E-state index is 12.6. The normalized spacial score (nSPS) is 12.2. The van der Waals surface area contributed by atoms with Crippen LogP contribution in [-0.2, 0) is 17.9 Å². The zero-order valence-corrected chi connectivity index (χ0v) is 15.1. The van der Waals surface area contributed by atoms with Crippen LogP contribution in [0, 0.1) is 3.95 Å². The molecule has 1 amide bonds. The number of furan rings is 1. The fraction of sp³-hybridized carbons (Fsp3) is 0.250. The number of aromatic nitrogens is 3. The van der Waals surface area contributed by atoms with Crippen LogP contribution in [0.2, 0.25) is 0 Å². The van der Waals surface area contributed by atoms with Gasteiger partial charge < -0.3 is 14.3 Å². The Kier molecular flexibility index (Phi) is 4.95. The molecular weight excluding hydrogens is 360 g/mol. The fourth-order valence-electron chi connectivity index (χ4n) is 2.43. The van der Waals surface area contributed by atoms with Gasteiger partial charge in [-0.25, -0.2) is 4.98 Å². The first-order valence-corrected chi connectivity index (χ1v) is 8.76. The minimum Gasteiger partial charge on any atom is -0.467 e. The summed E-state index contributed by atoms with van der Waals surface area (Å²) in [5.41, 5.74) is 0.227. The highest BCUT2D eigenvalue weighted by atomic mass is 32.1. The Hall–Kier alpha value is -2.52. The molecule has 0 aliphatic carbocycles. The number of allylic oxidation sites excluding steroid dienone is 1. The van der Waals surface area contributed by atoms with Gasteiger partial charge in [-0.15, -0.1) is 6.58 Å². The van der Waals surface area contributed by atoms with E-state index in [1.165, 1.54) is 22.2 Å². The van der Waals surface area contributed by atoms with Crippen LogP contribution in [-0.4, -0.2) is 20.0 Å². The average molecular weight is 376 g/mol. The Morgan fingerprint density at radius 2 is 2.40 bits per heavy atom. The number of carbonyl (C=O) groups excluding carboxylic acids is 1. The van der Waals surface area contributed by atoms with Crippen molar-refractivity contribution in [2.45, 2.75) is 26.1 Å². The third-order valence-corrected chi connectivity index (χ3v) is 5.04. The van der Waals surface area contributed by atoms with Crippen molar-refractivity contribution in [2.24, 2.45) is 0 Å². The third-order valence-electron chi connectivity index (χ3n) is 3.62. The predicted octanol–water partition coefficient (Wildman–Crippen LogP) is 2.65. The van der Waals surface area contributed by atoms with Gasteiger partial charge in [0.15, 0.2) is 9.60 Å². The Bertz CT molecular complexity index is 1030.